The summed E-state index contributed by atoms with van der Waals surface area (Å²) < 4.78 is 28.8. The lowest BCUT2D eigenvalue weighted by Crippen LogP contribution is -2.64. The van der Waals surface area contributed by atoms with Gasteiger partial charge in [0.15, 0.2) is 0 Å². The van der Waals surface area contributed by atoms with Gasteiger partial charge in [0.05, 0.1) is 6.04 Å². The summed E-state index contributed by atoms with van der Waals surface area (Å²) in [6.07, 6.45) is 0. The normalized spacial score (nSPS) is 29.6. The second kappa shape index (κ2) is 5.99. The predicted octanol–water partition coefficient (Wildman–Crippen LogP) is 1.92. The van der Waals surface area contributed by atoms with E-state index >= 15 is 0 Å². The topological polar surface area (TPSA) is 18.5 Å². The molecule has 116 valence electrons. The molecule has 3 saturated heterocycles. The summed E-state index contributed by atoms with van der Waals surface area (Å²) in [5.41, 5.74) is 0.709. The van der Waals surface area contributed by atoms with Gasteiger partial charge in [-0.15, -0.1) is 0 Å². The molecule has 0 amide bonds. The maximum atomic E-state index is 14.5. The highest BCUT2D eigenvalue weighted by Gasteiger charge is 2.39. The maximum absolute atomic E-state index is 14.5. The Labute approximate surface area is 124 Å². The lowest BCUT2D eigenvalue weighted by atomic mass is 9.92. The summed E-state index contributed by atoms with van der Waals surface area (Å²) in [5, 5.41) is 3.31. The fourth-order valence-electron chi connectivity index (χ4n) is 3.59. The Morgan fingerprint density at radius 1 is 1.24 bits per heavy atom. The molecule has 2 atom stereocenters. The highest BCUT2D eigenvalue weighted by atomic mass is 19.1. The zero-order valence-corrected chi connectivity index (χ0v) is 12.7. The molecule has 2 bridgehead atoms. The zero-order valence-electron chi connectivity index (χ0n) is 12.7. The van der Waals surface area contributed by atoms with E-state index in [-0.39, 0.29) is 17.6 Å². The van der Waals surface area contributed by atoms with E-state index in [0.29, 0.717) is 12.1 Å². The van der Waals surface area contributed by atoms with Gasteiger partial charge in [0, 0.05) is 44.3 Å². The highest BCUT2D eigenvalue weighted by molar-refractivity contribution is 5.31. The number of nitrogens with one attached hydrogen (secondary N) is 1. The number of rotatable bonds is 4. The quantitative estimate of drug-likeness (QED) is 0.915. The van der Waals surface area contributed by atoms with Crippen molar-refractivity contribution >= 4 is 0 Å². The molecular weight excluding hydrogens is 272 g/mol. The second-order valence-electron chi connectivity index (χ2n) is 6.03. The summed E-state index contributed by atoms with van der Waals surface area (Å²) in [7, 11) is 0. The maximum Gasteiger partial charge on any atom is 0.133 e. The van der Waals surface area contributed by atoms with Crippen LogP contribution in [0.25, 0.3) is 0 Å². The van der Waals surface area contributed by atoms with Crippen molar-refractivity contribution in [2.24, 2.45) is 0 Å². The van der Waals surface area contributed by atoms with Crippen molar-refractivity contribution in [1.29, 1.82) is 0 Å². The molecule has 1 N–H and O–H groups in total. The summed E-state index contributed by atoms with van der Waals surface area (Å²) in [5.74, 6) is -0.847. The number of halogens is 2. The van der Waals surface area contributed by atoms with E-state index in [9.17, 15) is 8.78 Å². The first-order chi connectivity index (χ1) is 10.1. The van der Waals surface area contributed by atoms with Crippen molar-refractivity contribution in [2.45, 2.75) is 25.9 Å². The van der Waals surface area contributed by atoms with Crippen LogP contribution in [0.3, 0.4) is 0 Å². The lowest BCUT2D eigenvalue weighted by molar-refractivity contribution is -0.00448. The van der Waals surface area contributed by atoms with Crippen molar-refractivity contribution in [1.82, 2.24) is 15.1 Å². The molecular formula is C16H23F2N3. The number of piperazine rings is 3. The van der Waals surface area contributed by atoms with Crippen molar-refractivity contribution in [3.8, 4) is 0 Å². The van der Waals surface area contributed by atoms with E-state index in [1.807, 2.05) is 6.92 Å². The smallest absolute Gasteiger partial charge is 0.133 e. The molecule has 5 heteroatoms. The van der Waals surface area contributed by atoms with Gasteiger partial charge in [-0.2, -0.15) is 0 Å². The number of hydrogen-bond donors (Lipinski definition) is 1. The third kappa shape index (κ3) is 2.70. The Morgan fingerprint density at radius 3 is 2.52 bits per heavy atom. The largest absolute Gasteiger partial charge is 0.309 e. The van der Waals surface area contributed by atoms with Crippen LogP contribution in [0, 0.1) is 18.6 Å². The molecule has 21 heavy (non-hydrogen) atoms. The number of hydrogen-bond acceptors (Lipinski definition) is 3. The van der Waals surface area contributed by atoms with Crippen molar-refractivity contribution in [3.05, 3.63) is 34.9 Å². The minimum Gasteiger partial charge on any atom is -0.309 e. The molecule has 1 aromatic carbocycles. The average Bonchev–Trinajstić information content (AvgIpc) is 2.51. The van der Waals surface area contributed by atoms with Gasteiger partial charge in [-0.3, -0.25) is 9.80 Å². The Bertz CT molecular complexity index is 512. The lowest BCUT2D eigenvalue weighted by Gasteiger charge is -2.50. The van der Waals surface area contributed by atoms with Crippen LogP contribution in [0.5, 0.6) is 0 Å². The first-order valence-electron chi connectivity index (χ1n) is 7.76. The first kappa shape index (κ1) is 14.9. The highest BCUT2D eigenvalue weighted by Crippen LogP contribution is 2.31. The van der Waals surface area contributed by atoms with Crippen molar-refractivity contribution < 1.29 is 8.78 Å². The van der Waals surface area contributed by atoms with Gasteiger partial charge >= 0.3 is 0 Å². The Balaban J connectivity index is 1.97. The number of likely N-dealkylation sites (N-methyl/N-ethyl adjacent to an activating group) is 1. The molecule has 1 aromatic rings. The van der Waals surface area contributed by atoms with Crippen LogP contribution >= 0.6 is 0 Å². The van der Waals surface area contributed by atoms with Crippen LogP contribution in [-0.2, 0) is 0 Å². The summed E-state index contributed by atoms with van der Waals surface area (Å²) >= 11 is 0. The van der Waals surface area contributed by atoms with Crippen LogP contribution in [0.4, 0.5) is 8.78 Å². The third-order valence-corrected chi connectivity index (χ3v) is 4.76. The SMILES string of the molecule is CCNC(c1c(F)ccc(C)c1F)C1CN2CCN1CC2. The molecule has 0 aliphatic carbocycles. The molecule has 0 spiro atoms. The molecule has 3 heterocycles. The van der Waals surface area contributed by atoms with Gasteiger partial charge in [0.1, 0.15) is 11.6 Å². The van der Waals surface area contributed by atoms with E-state index < -0.39 is 11.6 Å². The van der Waals surface area contributed by atoms with Gasteiger partial charge in [0.25, 0.3) is 0 Å². The van der Waals surface area contributed by atoms with E-state index in [1.165, 1.54) is 12.1 Å². The molecule has 3 aliphatic heterocycles. The van der Waals surface area contributed by atoms with E-state index in [1.54, 1.807) is 6.92 Å². The van der Waals surface area contributed by atoms with Gasteiger partial charge in [-0.1, -0.05) is 13.0 Å². The minimum atomic E-state index is -0.443. The van der Waals surface area contributed by atoms with Gasteiger partial charge in [-0.05, 0) is 25.1 Å². The van der Waals surface area contributed by atoms with Crippen LogP contribution in [0.2, 0.25) is 0 Å². The standard InChI is InChI=1S/C16H23F2N3/c1-3-19-16(13-10-20-6-8-21(13)9-7-20)14-12(17)5-4-11(2)15(14)18/h4-5,13,16,19H,3,6-10H2,1-2H3. The Morgan fingerprint density at radius 2 is 1.95 bits per heavy atom. The molecule has 0 saturated carbocycles. The number of fused-ring (bicyclic) bond motifs is 3. The molecule has 0 radical (unpaired) electrons. The van der Waals surface area contributed by atoms with E-state index in [4.69, 9.17) is 0 Å². The molecule has 3 aliphatic rings. The van der Waals surface area contributed by atoms with Gasteiger partial charge < -0.3 is 5.32 Å². The van der Waals surface area contributed by atoms with Crippen LogP contribution < -0.4 is 5.32 Å². The van der Waals surface area contributed by atoms with Gasteiger partial charge in [-0.25, -0.2) is 8.78 Å². The number of aryl methyl sites for hydroxylation is 1. The molecule has 4 rings (SSSR count). The van der Waals surface area contributed by atoms with E-state index in [0.717, 1.165) is 32.7 Å². The molecule has 3 fully saturated rings. The van der Waals surface area contributed by atoms with Crippen molar-refractivity contribution in [3.63, 3.8) is 0 Å². The fourth-order valence-corrected chi connectivity index (χ4v) is 3.59. The molecule has 3 nitrogen and oxygen atoms in total. The van der Waals surface area contributed by atoms with Crippen LogP contribution in [-0.4, -0.2) is 55.1 Å². The predicted molar refractivity (Wildman–Crippen MR) is 79.3 cm³/mol. The molecule has 2 unspecified atom stereocenters. The summed E-state index contributed by atoms with van der Waals surface area (Å²) in [6, 6.07) is 2.74. The van der Waals surface area contributed by atoms with Crippen molar-refractivity contribution in [2.75, 3.05) is 39.3 Å². The average molecular weight is 295 g/mol. The van der Waals surface area contributed by atoms with Crippen LogP contribution in [0.1, 0.15) is 24.1 Å². The zero-order chi connectivity index (χ0) is 15.0. The summed E-state index contributed by atoms with van der Waals surface area (Å²) in [6.45, 7) is 9.35. The third-order valence-electron chi connectivity index (χ3n) is 4.76. The monoisotopic (exact) mass is 295 g/mol. The van der Waals surface area contributed by atoms with Gasteiger partial charge in [0.2, 0.25) is 0 Å². The Kier molecular flexibility index (Phi) is 4.24. The number of nitrogens with zero attached hydrogens (tertiary/aromatic N) is 2. The minimum absolute atomic E-state index is 0.137. The van der Waals surface area contributed by atoms with Crippen LogP contribution in [0.15, 0.2) is 12.1 Å². The second-order valence-corrected chi connectivity index (χ2v) is 6.03. The Hall–Kier alpha value is -1.04. The summed E-state index contributed by atoms with van der Waals surface area (Å²) in [4.78, 5) is 4.76. The number of benzene rings is 1. The first-order valence-corrected chi connectivity index (χ1v) is 7.76. The molecule has 0 aromatic heterocycles. The van der Waals surface area contributed by atoms with E-state index in [2.05, 4.69) is 15.1 Å². The fraction of sp³-hybridized carbons (Fsp3) is 0.625.